The number of allylic oxidation sites excluding steroid dienone is 1. The van der Waals surface area contributed by atoms with Gasteiger partial charge in [0.25, 0.3) is 5.56 Å². The number of halogens is 2. The van der Waals surface area contributed by atoms with E-state index in [1.54, 1.807) is 23.9 Å². The molecule has 0 aliphatic rings. The molecule has 1 atom stereocenters. The van der Waals surface area contributed by atoms with Gasteiger partial charge in [0, 0.05) is 41.3 Å². The summed E-state index contributed by atoms with van der Waals surface area (Å²) in [4.78, 5) is 14.7. The molecule has 0 aliphatic heterocycles. The summed E-state index contributed by atoms with van der Waals surface area (Å²) < 4.78 is 1.64. The maximum atomic E-state index is 12.8. The summed E-state index contributed by atoms with van der Waals surface area (Å²) in [6, 6.07) is 22.7. The van der Waals surface area contributed by atoms with Crippen molar-refractivity contribution in [1.29, 1.82) is 0 Å². The van der Waals surface area contributed by atoms with Gasteiger partial charge in [-0.15, -0.1) is 0 Å². The van der Waals surface area contributed by atoms with Gasteiger partial charge in [-0.05, 0) is 71.8 Å². The molecule has 2 N–H and O–H groups in total. The van der Waals surface area contributed by atoms with Gasteiger partial charge < -0.3 is 15.2 Å². The molecule has 6 heteroatoms. The third-order valence-corrected chi connectivity index (χ3v) is 6.96. The van der Waals surface area contributed by atoms with Crippen molar-refractivity contribution in [3.05, 3.63) is 129 Å². The lowest BCUT2D eigenvalue weighted by Gasteiger charge is -2.37. The van der Waals surface area contributed by atoms with Gasteiger partial charge >= 0.3 is 0 Å². The zero-order valence-corrected chi connectivity index (χ0v) is 21.4. The van der Waals surface area contributed by atoms with Crippen molar-refractivity contribution in [2.75, 3.05) is 7.05 Å². The summed E-state index contributed by atoms with van der Waals surface area (Å²) in [5, 5.41) is 2.13. The number of aryl methyl sites for hydroxylation is 1. The monoisotopic (exact) mass is 503 g/mol. The molecule has 0 bridgehead atoms. The summed E-state index contributed by atoms with van der Waals surface area (Å²) in [6.07, 6.45) is 3.72. The number of hydrogen-bond acceptors (Lipinski definition) is 3. The van der Waals surface area contributed by atoms with Crippen LogP contribution in [0.5, 0.6) is 0 Å². The molecule has 4 rings (SSSR count). The van der Waals surface area contributed by atoms with Gasteiger partial charge in [-0.1, -0.05) is 66.2 Å². The average molecular weight is 504 g/mol. The predicted molar refractivity (Wildman–Crippen MR) is 148 cm³/mol. The van der Waals surface area contributed by atoms with E-state index < -0.39 is 5.54 Å². The van der Waals surface area contributed by atoms with Crippen LogP contribution in [0.15, 0.2) is 102 Å². The maximum absolute atomic E-state index is 12.8. The van der Waals surface area contributed by atoms with Crippen molar-refractivity contribution in [3.8, 4) is 11.1 Å². The topological polar surface area (TPSA) is 51.3 Å². The predicted octanol–water partition coefficient (Wildman–Crippen LogP) is 6.69. The van der Waals surface area contributed by atoms with E-state index in [4.69, 9.17) is 28.9 Å². The molecule has 1 heterocycles. The second kappa shape index (κ2) is 9.74. The van der Waals surface area contributed by atoms with E-state index in [9.17, 15) is 4.79 Å². The standard InChI is InChI=1S/C29H27Cl2N3O/c1-5-27(33(3)6-2)29(32,20-10-13-22(30)14-11-20)21-12-15-26-25(17-21)24(18-28(35)34(26)4)19-8-7-9-23(31)16-19/h5-18H,2,32H2,1,3-4H3/b27-5-/t29-/m1/s1. The van der Waals surface area contributed by atoms with Crippen LogP contribution >= 0.6 is 23.2 Å². The summed E-state index contributed by atoms with van der Waals surface area (Å²) in [5.74, 6) is 0. The van der Waals surface area contributed by atoms with Crippen LogP contribution in [0.1, 0.15) is 18.1 Å². The fraction of sp³-hybridized carbons (Fsp3) is 0.138. The SMILES string of the molecule is C=CN(C)/C(=C\C)[C@@](N)(c1ccc(Cl)cc1)c1ccc2c(c1)c(-c1cccc(Cl)c1)cc(=O)n2C. The second-order valence-electron chi connectivity index (χ2n) is 8.48. The summed E-state index contributed by atoms with van der Waals surface area (Å²) in [6.45, 7) is 5.89. The minimum atomic E-state index is -1.02. The van der Waals surface area contributed by atoms with Crippen molar-refractivity contribution in [3.63, 3.8) is 0 Å². The highest BCUT2D eigenvalue weighted by Crippen LogP contribution is 2.39. The smallest absolute Gasteiger partial charge is 0.251 e. The Labute approximate surface area is 215 Å². The van der Waals surface area contributed by atoms with E-state index in [1.807, 2.05) is 85.6 Å². The Kier molecular flexibility index (Phi) is 6.91. The fourth-order valence-corrected chi connectivity index (χ4v) is 4.90. The number of aromatic nitrogens is 1. The highest BCUT2D eigenvalue weighted by Gasteiger charge is 2.36. The molecule has 35 heavy (non-hydrogen) atoms. The number of benzene rings is 3. The van der Waals surface area contributed by atoms with E-state index in [2.05, 4.69) is 12.6 Å². The minimum Gasteiger partial charge on any atom is -0.353 e. The quantitative estimate of drug-likeness (QED) is 0.318. The Morgan fingerprint density at radius 2 is 1.69 bits per heavy atom. The third kappa shape index (κ3) is 4.41. The van der Waals surface area contributed by atoms with Crippen LogP contribution in [0.25, 0.3) is 22.0 Å². The van der Waals surface area contributed by atoms with Crippen LogP contribution in [0.3, 0.4) is 0 Å². The highest BCUT2D eigenvalue weighted by molar-refractivity contribution is 6.31. The van der Waals surface area contributed by atoms with Crippen LogP contribution < -0.4 is 11.3 Å². The molecule has 178 valence electrons. The van der Waals surface area contributed by atoms with Crippen LogP contribution in [0.2, 0.25) is 10.0 Å². The van der Waals surface area contributed by atoms with Crippen LogP contribution in [0.4, 0.5) is 0 Å². The number of pyridine rings is 1. The molecule has 0 aliphatic carbocycles. The average Bonchev–Trinajstić information content (AvgIpc) is 2.86. The minimum absolute atomic E-state index is 0.0996. The van der Waals surface area contributed by atoms with Crippen molar-refractivity contribution in [1.82, 2.24) is 9.47 Å². The van der Waals surface area contributed by atoms with Gasteiger partial charge in [0.05, 0.1) is 5.52 Å². The molecule has 0 radical (unpaired) electrons. The molecule has 4 nitrogen and oxygen atoms in total. The molecule has 3 aromatic carbocycles. The zero-order valence-electron chi connectivity index (χ0n) is 19.9. The molecule has 1 aromatic heterocycles. The first-order chi connectivity index (χ1) is 16.7. The molecule has 0 saturated carbocycles. The fourth-order valence-electron chi connectivity index (χ4n) is 4.58. The molecule has 0 saturated heterocycles. The van der Waals surface area contributed by atoms with Crippen molar-refractivity contribution in [2.24, 2.45) is 12.8 Å². The summed E-state index contributed by atoms with van der Waals surface area (Å²) >= 11 is 12.5. The third-order valence-electron chi connectivity index (χ3n) is 6.47. The Bertz CT molecular complexity index is 1510. The molecule has 0 spiro atoms. The Morgan fingerprint density at radius 1 is 1.00 bits per heavy atom. The first-order valence-electron chi connectivity index (χ1n) is 11.2. The Morgan fingerprint density at radius 3 is 2.31 bits per heavy atom. The normalized spacial score (nSPS) is 13.5. The molecular formula is C29H27Cl2N3O. The molecular weight excluding hydrogens is 477 g/mol. The molecule has 0 fully saturated rings. The zero-order chi connectivity index (χ0) is 25.3. The number of likely N-dealkylation sites (N-methyl/N-ethyl adjacent to an activating group) is 1. The van der Waals surface area contributed by atoms with Gasteiger partial charge in [0.15, 0.2) is 0 Å². The van der Waals surface area contributed by atoms with Gasteiger partial charge in [0.2, 0.25) is 0 Å². The van der Waals surface area contributed by atoms with E-state index in [0.29, 0.717) is 10.0 Å². The Balaban J connectivity index is 2.08. The number of nitrogens with zero attached hydrogens (tertiary/aromatic N) is 2. The van der Waals surface area contributed by atoms with Crippen molar-refractivity contribution in [2.45, 2.75) is 12.5 Å². The number of hydrogen-bond donors (Lipinski definition) is 1. The van der Waals surface area contributed by atoms with E-state index >= 15 is 0 Å². The lowest BCUT2D eigenvalue weighted by atomic mass is 9.79. The van der Waals surface area contributed by atoms with Gasteiger partial charge in [-0.25, -0.2) is 0 Å². The molecule has 0 unspecified atom stereocenters. The van der Waals surface area contributed by atoms with Crippen LogP contribution in [-0.2, 0) is 12.6 Å². The van der Waals surface area contributed by atoms with Crippen molar-refractivity contribution >= 4 is 34.1 Å². The van der Waals surface area contributed by atoms with Gasteiger partial charge in [-0.2, -0.15) is 0 Å². The molecule has 0 amide bonds. The largest absolute Gasteiger partial charge is 0.353 e. The van der Waals surface area contributed by atoms with E-state index in [1.165, 1.54) is 0 Å². The lowest BCUT2D eigenvalue weighted by Crippen LogP contribution is -2.44. The van der Waals surface area contributed by atoms with Crippen molar-refractivity contribution < 1.29 is 0 Å². The highest BCUT2D eigenvalue weighted by atomic mass is 35.5. The number of nitrogens with two attached hydrogens (primary N) is 1. The molecule has 4 aromatic rings. The van der Waals surface area contributed by atoms with Gasteiger partial charge in [-0.3, -0.25) is 4.79 Å². The maximum Gasteiger partial charge on any atom is 0.251 e. The summed E-state index contributed by atoms with van der Waals surface area (Å²) in [5.41, 5.74) is 11.2. The number of fused-ring (bicyclic) bond motifs is 1. The number of rotatable bonds is 6. The van der Waals surface area contributed by atoms with Crippen LogP contribution in [0, 0.1) is 0 Å². The lowest BCUT2D eigenvalue weighted by molar-refractivity contribution is 0.446. The second-order valence-corrected chi connectivity index (χ2v) is 9.35. The first-order valence-corrected chi connectivity index (χ1v) is 11.9. The first kappa shape index (κ1) is 24.8. The Hall–Kier alpha value is -3.31. The van der Waals surface area contributed by atoms with Crippen LogP contribution in [-0.4, -0.2) is 16.5 Å². The van der Waals surface area contributed by atoms with E-state index in [-0.39, 0.29) is 5.56 Å². The summed E-state index contributed by atoms with van der Waals surface area (Å²) in [7, 11) is 3.69. The van der Waals surface area contributed by atoms with Gasteiger partial charge in [0.1, 0.15) is 5.54 Å². The van der Waals surface area contributed by atoms with E-state index in [0.717, 1.165) is 38.9 Å².